The number of aryl methyl sites for hydroxylation is 1. The first-order valence-electron chi connectivity index (χ1n) is 10.0. The first-order chi connectivity index (χ1) is 15.5. The van der Waals surface area contributed by atoms with Gasteiger partial charge in [0, 0.05) is 17.6 Å². The van der Waals surface area contributed by atoms with E-state index in [1.165, 1.54) is 11.3 Å². The Bertz CT molecular complexity index is 1080. The zero-order valence-electron chi connectivity index (χ0n) is 18.2. The van der Waals surface area contributed by atoms with Gasteiger partial charge in [0.15, 0.2) is 16.6 Å². The number of methoxy groups -OCH3 is 2. The molecule has 0 unspecified atom stereocenters. The Morgan fingerprint density at radius 1 is 1.03 bits per heavy atom. The van der Waals surface area contributed by atoms with Gasteiger partial charge >= 0.3 is 6.03 Å². The highest BCUT2D eigenvalue weighted by Crippen LogP contribution is 2.27. The van der Waals surface area contributed by atoms with Crippen LogP contribution in [0.3, 0.4) is 0 Å². The number of aromatic nitrogens is 1. The molecule has 8 nitrogen and oxygen atoms in total. The molecule has 0 aliphatic heterocycles. The zero-order valence-corrected chi connectivity index (χ0v) is 19.0. The summed E-state index contributed by atoms with van der Waals surface area (Å²) in [5.41, 5.74) is 3.39. The second kappa shape index (κ2) is 11.1. The van der Waals surface area contributed by atoms with E-state index in [1.54, 1.807) is 19.6 Å². The van der Waals surface area contributed by atoms with Crippen molar-refractivity contribution in [3.63, 3.8) is 0 Å². The van der Waals surface area contributed by atoms with E-state index in [1.807, 2.05) is 49.4 Å². The molecule has 0 saturated heterocycles. The van der Waals surface area contributed by atoms with Crippen LogP contribution < -0.4 is 25.4 Å². The Labute approximate surface area is 191 Å². The molecule has 0 saturated carbocycles. The first-order valence-corrected chi connectivity index (χ1v) is 10.9. The molecule has 0 radical (unpaired) electrons. The maximum absolute atomic E-state index is 12.2. The molecule has 1 heterocycles. The molecular formula is C23H26N4O4S. The SMILES string of the molecule is COc1ccc(CCNC(=O)Cc2csc(NC(=O)Nc3cccc(C)c3)n2)cc1OC. The molecule has 3 N–H and O–H groups in total. The van der Waals surface area contributed by atoms with Gasteiger partial charge in [-0.3, -0.25) is 10.1 Å². The van der Waals surface area contributed by atoms with Crippen LogP contribution in [0.25, 0.3) is 0 Å². The van der Waals surface area contributed by atoms with Gasteiger partial charge in [0.1, 0.15) is 0 Å². The van der Waals surface area contributed by atoms with Crippen molar-refractivity contribution in [3.8, 4) is 11.5 Å². The summed E-state index contributed by atoms with van der Waals surface area (Å²) >= 11 is 1.27. The number of benzene rings is 2. The van der Waals surface area contributed by atoms with Crippen LogP contribution in [0.5, 0.6) is 11.5 Å². The van der Waals surface area contributed by atoms with Crippen LogP contribution in [0, 0.1) is 6.92 Å². The Kier molecular flexibility index (Phi) is 8.04. The summed E-state index contributed by atoms with van der Waals surface area (Å²) in [6.45, 7) is 2.44. The van der Waals surface area contributed by atoms with E-state index in [2.05, 4.69) is 20.9 Å². The topological polar surface area (TPSA) is 102 Å². The van der Waals surface area contributed by atoms with Crippen molar-refractivity contribution < 1.29 is 19.1 Å². The average Bonchev–Trinajstić information content (AvgIpc) is 3.19. The smallest absolute Gasteiger partial charge is 0.325 e. The van der Waals surface area contributed by atoms with Crippen molar-refractivity contribution in [1.29, 1.82) is 0 Å². The number of nitrogens with one attached hydrogen (secondary N) is 3. The molecule has 0 aliphatic rings. The summed E-state index contributed by atoms with van der Waals surface area (Å²) in [4.78, 5) is 28.7. The molecule has 3 aromatic rings. The van der Waals surface area contributed by atoms with E-state index >= 15 is 0 Å². The standard InChI is InChI=1S/C23H26N4O4S/c1-15-5-4-6-17(11-15)25-22(29)27-23-26-18(14-32-23)13-21(28)24-10-9-16-7-8-19(30-2)20(12-16)31-3/h4-8,11-12,14H,9-10,13H2,1-3H3,(H,24,28)(H2,25,26,27,29). The molecule has 3 amide bonds. The minimum Gasteiger partial charge on any atom is -0.493 e. The number of nitrogens with zero attached hydrogens (tertiary/aromatic N) is 1. The quantitative estimate of drug-likeness (QED) is 0.453. The summed E-state index contributed by atoms with van der Waals surface area (Å²) in [7, 11) is 3.18. The fourth-order valence-electron chi connectivity index (χ4n) is 3.04. The molecule has 0 bridgehead atoms. The number of carbonyl (C=O) groups is 2. The van der Waals surface area contributed by atoms with Gasteiger partial charge in [-0.05, 0) is 48.7 Å². The van der Waals surface area contributed by atoms with Crippen LogP contribution in [-0.2, 0) is 17.6 Å². The number of hydrogen-bond donors (Lipinski definition) is 3. The van der Waals surface area contributed by atoms with Crippen LogP contribution in [0.4, 0.5) is 15.6 Å². The predicted octanol–water partition coefficient (Wildman–Crippen LogP) is 4.01. The summed E-state index contributed by atoms with van der Waals surface area (Å²) in [5, 5.41) is 10.5. The molecule has 0 aliphatic carbocycles. The summed E-state index contributed by atoms with van der Waals surface area (Å²) in [6, 6.07) is 12.8. The second-order valence-corrected chi connectivity index (χ2v) is 7.92. The third-order valence-electron chi connectivity index (χ3n) is 4.57. The Hall–Kier alpha value is -3.59. The maximum atomic E-state index is 12.2. The average molecular weight is 455 g/mol. The molecule has 0 spiro atoms. The monoisotopic (exact) mass is 454 g/mol. The van der Waals surface area contributed by atoms with Gasteiger partial charge in [-0.2, -0.15) is 0 Å². The molecule has 168 valence electrons. The third-order valence-corrected chi connectivity index (χ3v) is 5.38. The maximum Gasteiger partial charge on any atom is 0.325 e. The molecule has 0 fully saturated rings. The van der Waals surface area contributed by atoms with E-state index in [-0.39, 0.29) is 18.4 Å². The normalized spacial score (nSPS) is 10.3. The van der Waals surface area contributed by atoms with Gasteiger partial charge in [0.2, 0.25) is 5.91 Å². The molecule has 32 heavy (non-hydrogen) atoms. The largest absolute Gasteiger partial charge is 0.493 e. The van der Waals surface area contributed by atoms with Crippen LogP contribution in [0.1, 0.15) is 16.8 Å². The highest BCUT2D eigenvalue weighted by atomic mass is 32.1. The van der Waals surface area contributed by atoms with Gasteiger partial charge < -0.3 is 20.1 Å². The lowest BCUT2D eigenvalue weighted by molar-refractivity contribution is -0.120. The van der Waals surface area contributed by atoms with Crippen LogP contribution in [0.2, 0.25) is 0 Å². The van der Waals surface area contributed by atoms with Gasteiger partial charge in [0.25, 0.3) is 0 Å². The number of amides is 3. The Morgan fingerprint density at radius 2 is 1.84 bits per heavy atom. The number of anilines is 2. The number of ether oxygens (including phenoxy) is 2. The van der Waals surface area contributed by atoms with E-state index in [0.29, 0.717) is 41.0 Å². The van der Waals surface area contributed by atoms with E-state index < -0.39 is 0 Å². The number of urea groups is 1. The highest BCUT2D eigenvalue weighted by Gasteiger charge is 2.11. The first kappa shape index (κ1) is 23.1. The van der Waals surface area contributed by atoms with E-state index in [4.69, 9.17) is 9.47 Å². The number of rotatable bonds is 9. The summed E-state index contributed by atoms with van der Waals surface area (Å²) in [5.74, 6) is 1.19. The molecule has 3 rings (SSSR count). The van der Waals surface area contributed by atoms with Gasteiger partial charge in [0.05, 0.1) is 26.3 Å². The molecule has 0 atom stereocenters. The number of hydrogen-bond acceptors (Lipinski definition) is 6. The lowest BCUT2D eigenvalue weighted by atomic mass is 10.1. The molecular weight excluding hydrogens is 428 g/mol. The second-order valence-electron chi connectivity index (χ2n) is 7.06. The molecule has 2 aromatic carbocycles. The number of carbonyl (C=O) groups excluding carboxylic acids is 2. The summed E-state index contributed by atoms with van der Waals surface area (Å²) < 4.78 is 10.5. The predicted molar refractivity (Wildman–Crippen MR) is 126 cm³/mol. The van der Waals surface area contributed by atoms with Gasteiger partial charge in [-0.25, -0.2) is 9.78 Å². The summed E-state index contributed by atoms with van der Waals surface area (Å²) in [6.07, 6.45) is 0.804. The number of thiazole rings is 1. The van der Waals surface area contributed by atoms with Crippen molar-refractivity contribution in [3.05, 3.63) is 64.7 Å². The third kappa shape index (κ3) is 6.71. The van der Waals surface area contributed by atoms with E-state index in [9.17, 15) is 9.59 Å². The van der Waals surface area contributed by atoms with Crippen molar-refractivity contribution >= 4 is 34.1 Å². The van der Waals surface area contributed by atoms with Gasteiger partial charge in [-0.15, -0.1) is 11.3 Å². The fraction of sp³-hybridized carbons (Fsp3) is 0.261. The van der Waals surface area contributed by atoms with E-state index in [0.717, 1.165) is 11.1 Å². The lowest BCUT2D eigenvalue weighted by Crippen LogP contribution is -2.27. The van der Waals surface area contributed by atoms with Crippen LogP contribution in [0.15, 0.2) is 47.8 Å². The molecule has 9 heteroatoms. The Morgan fingerprint density at radius 3 is 2.59 bits per heavy atom. The van der Waals surface area contributed by atoms with Gasteiger partial charge in [-0.1, -0.05) is 18.2 Å². The minimum absolute atomic E-state index is 0.133. The van der Waals surface area contributed by atoms with Crippen LogP contribution >= 0.6 is 11.3 Å². The Balaban J connectivity index is 1.43. The highest BCUT2D eigenvalue weighted by molar-refractivity contribution is 7.14. The fourth-order valence-corrected chi connectivity index (χ4v) is 3.74. The van der Waals surface area contributed by atoms with Crippen molar-refractivity contribution in [2.45, 2.75) is 19.8 Å². The van der Waals surface area contributed by atoms with Crippen molar-refractivity contribution in [1.82, 2.24) is 10.3 Å². The lowest BCUT2D eigenvalue weighted by Gasteiger charge is -2.10. The zero-order chi connectivity index (χ0) is 22.9. The molecule has 1 aromatic heterocycles. The van der Waals surface area contributed by atoms with Crippen molar-refractivity contribution in [2.24, 2.45) is 0 Å². The van der Waals surface area contributed by atoms with Crippen molar-refractivity contribution in [2.75, 3.05) is 31.4 Å². The minimum atomic E-state index is -0.379. The van der Waals surface area contributed by atoms with Crippen LogP contribution in [-0.4, -0.2) is 37.7 Å².